The van der Waals surface area contributed by atoms with E-state index in [1.54, 1.807) is 41.1 Å². The molecule has 0 aliphatic rings. The summed E-state index contributed by atoms with van der Waals surface area (Å²) in [7, 11) is 1.71. The maximum Gasteiger partial charge on any atom is 0.258 e. The lowest BCUT2D eigenvalue weighted by molar-refractivity contribution is 0.0724. The Morgan fingerprint density at radius 2 is 1.37 bits per heavy atom. The standard InChI is InChI=1S/C25H26N2O3/c1-26(23-13-6-3-7-14-23)24(29)21-11-8-12-22(19-21)25(30)27(17-18-28)16-15-20-9-4-2-5-10-20/h2-14,19,28H,15-18H2,1H3. The molecule has 5 heteroatoms. The van der Waals surface area contributed by atoms with Crippen LogP contribution < -0.4 is 4.90 Å². The molecule has 5 nitrogen and oxygen atoms in total. The van der Waals surface area contributed by atoms with Crippen molar-refractivity contribution in [1.29, 1.82) is 0 Å². The number of rotatable bonds is 8. The monoisotopic (exact) mass is 402 g/mol. The number of aliphatic hydroxyl groups is 1. The molecule has 154 valence electrons. The van der Waals surface area contributed by atoms with Crippen molar-refractivity contribution in [3.8, 4) is 0 Å². The fourth-order valence-electron chi connectivity index (χ4n) is 3.27. The lowest BCUT2D eigenvalue weighted by atomic mass is 10.1. The van der Waals surface area contributed by atoms with Gasteiger partial charge in [-0.15, -0.1) is 0 Å². The quantitative estimate of drug-likeness (QED) is 0.626. The molecule has 0 saturated carbocycles. The fraction of sp³-hybridized carbons (Fsp3) is 0.200. The molecule has 30 heavy (non-hydrogen) atoms. The van der Waals surface area contributed by atoms with Gasteiger partial charge in [-0.2, -0.15) is 0 Å². The second-order valence-electron chi connectivity index (χ2n) is 7.03. The summed E-state index contributed by atoms with van der Waals surface area (Å²) in [6.07, 6.45) is 0.696. The summed E-state index contributed by atoms with van der Waals surface area (Å²) < 4.78 is 0. The maximum atomic E-state index is 13.1. The van der Waals surface area contributed by atoms with E-state index in [-0.39, 0.29) is 25.0 Å². The van der Waals surface area contributed by atoms with Gasteiger partial charge in [0.25, 0.3) is 11.8 Å². The van der Waals surface area contributed by atoms with Crippen LogP contribution in [0.25, 0.3) is 0 Å². The smallest absolute Gasteiger partial charge is 0.258 e. The summed E-state index contributed by atoms with van der Waals surface area (Å²) in [6, 6.07) is 26.0. The second kappa shape index (κ2) is 10.4. The summed E-state index contributed by atoms with van der Waals surface area (Å²) in [4.78, 5) is 29.1. The Morgan fingerprint density at radius 3 is 2.00 bits per heavy atom. The zero-order chi connectivity index (χ0) is 21.3. The van der Waals surface area contributed by atoms with Crippen molar-refractivity contribution in [2.24, 2.45) is 0 Å². The van der Waals surface area contributed by atoms with E-state index >= 15 is 0 Å². The van der Waals surface area contributed by atoms with Crippen LogP contribution in [0.2, 0.25) is 0 Å². The van der Waals surface area contributed by atoms with Crippen molar-refractivity contribution >= 4 is 17.5 Å². The van der Waals surface area contributed by atoms with Crippen LogP contribution in [0.5, 0.6) is 0 Å². The van der Waals surface area contributed by atoms with Crippen LogP contribution in [0.3, 0.4) is 0 Å². The first-order valence-corrected chi connectivity index (χ1v) is 9.97. The van der Waals surface area contributed by atoms with E-state index in [2.05, 4.69) is 0 Å². The van der Waals surface area contributed by atoms with Gasteiger partial charge in [-0.1, -0.05) is 54.6 Å². The highest BCUT2D eigenvalue weighted by atomic mass is 16.3. The molecule has 0 aromatic heterocycles. The lowest BCUT2D eigenvalue weighted by Crippen LogP contribution is -2.35. The predicted octanol–water partition coefficient (Wildman–Crippen LogP) is 3.64. The third-order valence-electron chi connectivity index (χ3n) is 4.97. The van der Waals surface area contributed by atoms with Gasteiger partial charge in [0, 0.05) is 37.0 Å². The van der Waals surface area contributed by atoms with Crippen molar-refractivity contribution in [3.05, 3.63) is 102 Å². The van der Waals surface area contributed by atoms with E-state index in [4.69, 9.17) is 0 Å². The summed E-state index contributed by atoms with van der Waals surface area (Å²) in [5.74, 6) is -0.383. The van der Waals surface area contributed by atoms with Gasteiger partial charge in [0.2, 0.25) is 0 Å². The summed E-state index contributed by atoms with van der Waals surface area (Å²) in [5, 5.41) is 9.42. The average Bonchev–Trinajstić information content (AvgIpc) is 2.81. The first-order chi connectivity index (χ1) is 14.6. The zero-order valence-electron chi connectivity index (χ0n) is 17.1. The number of nitrogens with zero attached hydrogens (tertiary/aromatic N) is 2. The van der Waals surface area contributed by atoms with Gasteiger partial charge in [-0.3, -0.25) is 9.59 Å². The van der Waals surface area contributed by atoms with Crippen molar-refractivity contribution in [3.63, 3.8) is 0 Å². The van der Waals surface area contributed by atoms with Crippen LogP contribution in [0, 0.1) is 0 Å². The van der Waals surface area contributed by atoms with Gasteiger partial charge < -0.3 is 14.9 Å². The Labute approximate surface area is 177 Å². The topological polar surface area (TPSA) is 60.9 Å². The highest BCUT2D eigenvalue weighted by Crippen LogP contribution is 2.17. The number of carbonyl (C=O) groups excluding carboxylic acids is 2. The Kier molecular flexibility index (Phi) is 7.35. The molecule has 2 amide bonds. The summed E-state index contributed by atoms with van der Waals surface area (Å²) >= 11 is 0. The minimum Gasteiger partial charge on any atom is -0.395 e. The van der Waals surface area contributed by atoms with Crippen LogP contribution in [0.4, 0.5) is 5.69 Å². The van der Waals surface area contributed by atoms with Crippen LogP contribution in [0.1, 0.15) is 26.3 Å². The number of carbonyl (C=O) groups is 2. The molecule has 0 aliphatic carbocycles. The van der Waals surface area contributed by atoms with Crippen LogP contribution >= 0.6 is 0 Å². The number of hydrogen-bond acceptors (Lipinski definition) is 3. The average molecular weight is 402 g/mol. The first-order valence-electron chi connectivity index (χ1n) is 9.97. The molecule has 0 heterocycles. The molecule has 3 aromatic carbocycles. The van der Waals surface area contributed by atoms with E-state index in [1.165, 1.54) is 0 Å². The molecule has 0 aliphatic heterocycles. The van der Waals surface area contributed by atoms with Gasteiger partial charge in [-0.05, 0) is 42.3 Å². The van der Waals surface area contributed by atoms with Crippen molar-refractivity contribution in [2.75, 3.05) is 31.6 Å². The van der Waals surface area contributed by atoms with E-state index < -0.39 is 0 Å². The largest absolute Gasteiger partial charge is 0.395 e. The minimum atomic E-state index is -0.197. The fourth-order valence-corrected chi connectivity index (χ4v) is 3.27. The molecule has 0 atom stereocenters. The number of hydrogen-bond donors (Lipinski definition) is 1. The van der Waals surface area contributed by atoms with Gasteiger partial charge in [0.15, 0.2) is 0 Å². The number of aliphatic hydroxyl groups excluding tert-OH is 1. The zero-order valence-corrected chi connectivity index (χ0v) is 17.1. The molecule has 1 N–H and O–H groups in total. The normalized spacial score (nSPS) is 10.5. The number of anilines is 1. The van der Waals surface area contributed by atoms with E-state index in [0.29, 0.717) is 24.1 Å². The first kappa shape index (κ1) is 21.3. The highest BCUT2D eigenvalue weighted by molar-refractivity contribution is 6.07. The number of amides is 2. The second-order valence-corrected chi connectivity index (χ2v) is 7.03. The Balaban J connectivity index is 1.75. The summed E-state index contributed by atoms with van der Waals surface area (Å²) in [6.45, 7) is 0.620. The Bertz CT molecular complexity index is 974. The molecule has 3 aromatic rings. The van der Waals surface area contributed by atoms with Crippen LogP contribution in [-0.4, -0.2) is 48.6 Å². The molecule has 3 rings (SSSR count). The van der Waals surface area contributed by atoms with Crippen LogP contribution in [0.15, 0.2) is 84.9 Å². The third kappa shape index (κ3) is 5.33. The van der Waals surface area contributed by atoms with Gasteiger partial charge >= 0.3 is 0 Å². The molecular formula is C25H26N2O3. The van der Waals surface area contributed by atoms with Crippen LogP contribution in [-0.2, 0) is 6.42 Å². The van der Waals surface area contributed by atoms with Gasteiger partial charge in [-0.25, -0.2) is 0 Å². The molecule has 0 fully saturated rings. The van der Waals surface area contributed by atoms with Gasteiger partial charge in [0.05, 0.1) is 6.61 Å². The van der Waals surface area contributed by atoms with E-state index in [9.17, 15) is 14.7 Å². The van der Waals surface area contributed by atoms with Crippen molar-refractivity contribution in [2.45, 2.75) is 6.42 Å². The Hall–Kier alpha value is -3.44. The number of para-hydroxylation sites is 1. The maximum absolute atomic E-state index is 13.1. The number of benzene rings is 3. The SMILES string of the molecule is CN(C(=O)c1cccc(C(=O)N(CCO)CCc2ccccc2)c1)c1ccccc1. The molecule has 0 spiro atoms. The van der Waals surface area contributed by atoms with E-state index in [0.717, 1.165) is 11.3 Å². The predicted molar refractivity (Wildman–Crippen MR) is 119 cm³/mol. The molecular weight excluding hydrogens is 376 g/mol. The minimum absolute atomic E-state index is 0.115. The van der Waals surface area contributed by atoms with Gasteiger partial charge in [0.1, 0.15) is 0 Å². The molecule has 0 saturated heterocycles. The summed E-state index contributed by atoms with van der Waals surface area (Å²) in [5.41, 5.74) is 2.79. The van der Waals surface area contributed by atoms with Crippen molar-refractivity contribution < 1.29 is 14.7 Å². The lowest BCUT2D eigenvalue weighted by Gasteiger charge is -2.22. The van der Waals surface area contributed by atoms with E-state index in [1.807, 2.05) is 60.7 Å². The molecule has 0 unspecified atom stereocenters. The third-order valence-corrected chi connectivity index (χ3v) is 4.97. The van der Waals surface area contributed by atoms with Crippen molar-refractivity contribution in [1.82, 2.24) is 4.90 Å². The molecule has 0 radical (unpaired) electrons. The molecule has 0 bridgehead atoms. The Morgan fingerprint density at radius 1 is 0.767 bits per heavy atom. The highest BCUT2D eigenvalue weighted by Gasteiger charge is 2.19.